The van der Waals surface area contributed by atoms with Crippen molar-refractivity contribution in [1.29, 1.82) is 0 Å². The Balaban J connectivity index is 1.63. The van der Waals surface area contributed by atoms with E-state index in [4.69, 9.17) is 5.84 Å². The third-order valence-corrected chi connectivity index (χ3v) is 5.98. The maximum atomic E-state index is 12.6. The van der Waals surface area contributed by atoms with Crippen molar-refractivity contribution in [2.45, 2.75) is 45.3 Å². The monoisotopic (exact) mass is 423 g/mol. The van der Waals surface area contributed by atoms with Crippen molar-refractivity contribution in [1.82, 2.24) is 20.2 Å². The highest BCUT2D eigenvalue weighted by molar-refractivity contribution is 7.99. The van der Waals surface area contributed by atoms with Crippen LogP contribution in [-0.4, -0.2) is 26.5 Å². The fourth-order valence-electron chi connectivity index (χ4n) is 3.22. The summed E-state index contributed by atoms with van der Waals surface area (Å²) < 4.78 is 1.44. The Morgan fingerprint density at radius 1 is 1.10 bits per heavy atom. The fourth-order valence-corrected chi connectivity index (χ4v) is 3.88. The van der Waals surface area contributed by atoms with Gasteiger partial charge >= 0.3 is 0 Å². The lowest BCUT2D eigenvalue weighted by Crippen LogP contribution is -2.33. The van der Waals surface area contributed by atoms with Gasteiger partial charge in [-0.05, 0) is 30.4 Å². The molecule has 0 fully saturated rings. The number of nitrogen functional groups attached to an aromatic ring is 1. The molecule has 0 aliphatic rings. The van der Waals surface area contributed by atoms with Gasteiger partial charge < -0.3 is 11.2 Å². The Bertz CT molecular complexity index is 980. The third-order valence-electron chi connectivity index (χ3n) is 5.04. The van der Waals surface area contributed by atoms with Gasteiger partial charge in [-0.15, -0.1) is 10.2 Å². The zero-order valence-corrected chi connectivity index (χ0v) is 18.7. The van der Waals surface area contributed by atoms with Crippen molar-refractivity contribution in [2.75, 3.05) is 11.6 Å². The molecule has 0 saturated heterocycles. The molecule has 0 unspecified atom stereocenters. The molecule has 0 saturated carbocycles. The summed E-state index contributed by atoms with van der Waals surface area (Å²) in [5.74, 6) is 7.18. The van der Waals surface area contributed by atoms with Crippen LogP contribution in [0.5, 0.6) is 0 Å². The van der Waals surface area contributed by atoms with Crippen molar-refractivity contribution in [3.8, 4) is 11.4 Å². The van der Waals surface area contributed by atoms with Crippen LogP contribution in [0.25, 0.3) is 11.4 Å². The normalized spacial score (nSPS) is 12.2. The van der Waals surface area contributed by atoms with Crippen LogP contribution in [0.3, 0.4) is 0 Å². The summed E-state index contributed by atoms with van der Waals surface area (Å²) in [5, 5.41) is 12.0. The van der Waals surface area contributed by atoms with Crippen molar-refractivity contribution >= 4 is 17.7 Å². The number of aromatic nitrogens is 3. The summed E-state index contributed by atoms with van der Waals surface area (Å²) in [6.07, 6.45) is 1.000. The molecule has 1 amide bonds. The van der Waals surface area contributed by atoms with Gasteiger partial charge in [0.25, 0.3) is 0 Å². The number of nitrogens with zero attached hydrogens (tertiary/aromatic N) is 3. The topological polar surface area (TPSA) is 85.8 Å². The molecular weight excluding hydrogens is 394 g/mol. The van der Waals surface area contributed by atoms with Crippen LogP contribution in [-0.2, 0) is 11.2 Å². The van der Waals surface area contributed by atoms with E-state index in [1.54, 1.807) is 0 Å². The second kappa shape index (κ2) is 9.80. The summed E-state index contributed by atoms with van der Waals surface area (Å²) in [6.45, 7) is 8.38. The first-order valence-corrected chi connectivity index (χ1v) is 11.2. The number of aryl methyl sites for hydroxylation is 2. The van der Waals surface area contributed by atoms with E-state index in [-0.39, 0.29) is 23.6 Å². The lowest BCUT2D eigenvalue weighted by Gasteiger charge is -2.23. The molecule has 1 aromatic heterocycles. The number of carbonyl (C=O) groups is 1. The first kappa shape index (κ1) is 21.9. The lowest BCUT2D eigenvalue weighted by atomic mass is 9.95. The zero-order valence-electron chi connectivity index (χ0n) is 17.9. The molecule has 7 heteroatoms. The minimum absolute atomic E-state index is 0.0390. The van der Waals surface area contributed by atoms with Crippen LogP contribution in [0.2, 0.25) is 0 Å². The van der Waals surface area contributed by atoms with Gasteiger partial charge in [-0.2, -0.15) is 0 Å². The Morgan fingerprint density at radius 3 is 2.37 bits per heavy atom. The highest BCUT2D eigenvalue weighted by Gasteiger charge is 2.19. The predicted molar refractivity (Wildman–Crippen MR) is 123 cm³/mol. The minimum Gasteiger partial charge on any atom is -0.348 e. The summed E-state index contributed by atoms with van der Waals surface area (Å²) in [4.78, 5) is 12.6. The number of nitrogens with one attached hydrogen (secondary N) is 1. The van der Waals surface area contributed by atoms with Gasteiger partial charge in [0, 0.05) is 5.56 Å². The van der Waals surface area contributed by atoms with E-state index in [0.29, 0.717) is 11.0 Å². The van der Waals surface area contributed by atoms with E-state index in [0.717, 1.165) is 23.1 Å². The molecule has 30 heavy (non-hydrogen) atoms. The number of amides is 1. The number of carbonyl (C=O) groups excluding carboxylic acids is 1. The molecule has 0 radical (unpaired) electrons. The van der Waals surface area contributed by atoms with Crippen molar-refractivity contribution < 1.29 is 4.79 Å². The minimum atomic E-state index is -0.0573. The first-order valence-electron chi connectivity index (χ1n) is 10.2. The fraction of sp³-hybridized carbons (Fsp3) is 0.348. The summed E-state index contributed by atoms with van der Waals surface area (Å²) in [7, 11) is 0. The molecule has 2 aromatic carbocycles. The van der Waals surface area contributed by atoms with E-state index in [9.17, 15) is 4.79 Å². The molecule has 0 spiro atoms. The maximum absolute atomic E-state index is 12.6. The number of hydrogen-bond donors (Lipinski definition) is 2. The summed E-state index contributed by atoms with van der Waals surface area (Å²) in [5.41, 5.74) is 4.46. The van der Waals surface area contributed by atoms with E-state index in [1.807, 2.05) is 31.2 Å². The molecule has 3 aromatic rings. The van der Waals surface area contributed by atoms with E-state index in [1.165, 1.54) is 22.0 Å². The third kappa shape index (κ3) is 5.21. The molecule has 0 bridgehead atoms. The van der Waals surface area contributed by atoms with E-state index < -0.39 is 0 Å². The van der Waals surface area contributed by atoms with Crippen molar-refractivity contribution in [3.63, 3.8) is 0 Å². The predicted octanol–water partition coefficient (Wildman–Crippen LogP) is 4.14. The molecule has 6 nitrogen and oxygen atoms in total. The smallest absolute Gasteiger partial charge is 0.230 e. The largest absolute Gasteiger partial charge is 0.348 e. The number of benzene rings is 2. The average Bonchev–Trinajstić information content (AvgIpc) is 3.11. The molecule has 1 atom stereocenters. The molecule has 3 rings (SSSR count). The Kier molecular flexibility index (Phi) is 7.15. The standard InChI is InChI=1S/C23H29N5OS/c1-5-17-8-12-18(13-9-17)21(15(2)3)25-20(29)14-30-23-27-26-22(28(23)24)19-10-6-16(4)7-11-19/h6-13,15,21H,5,14,24H2,1-4H3,(H,25,29)/t21-/m1/s1. The SMILES string of the molecule is CCc1ccc([C@H](NC(=O)CSc2nnc(-c3ccc(C)cc3)n2N)C(C)C)cc1. The van der Waals surface area contributed by atoms with Gasteiger partial charge in [-0.25, -0.2) is 4.68 Å². The maximum Gasteiger partial charge on any atom is 0.230 e. The first-order chi connectivity index (χ1) is 14.4. The second-order valence-corrected chi connectivity index (χ2v) is 8.66. The van der Waals surface area contributed by atoms with E-state index in [2.05, 4.69) is 60.6 Å². The quantitative estimate of drug-likeness (QED) is 0.420. The van der Waals surface area contributed by atoms with Gasteiger partial charge in [-0.1, -0.05) is 86.6 Å². The number of nitrogens with two attached hydrogens (primary N) is 1. The summed E-state index contributed by atoms with van der Waals surface area (Å²) in [6, 6.07) is 16.3. The summed E-state index contributed by atoms with van der Waals surface area (Å²) >= 11 is 1.28. The number of rotatable bonds is 8. The Labute approximate surface area is 182 Å². The van der Waals surface area contributed by atoms with Gasteiger partial charge in [-0.3, -0.25) is 4.79 Å². The Morgan fingerprint density at radius 2 is 1.77 bits per heavy atom. The van der Waals surface area contributed by atoms with Gasteiger partial charge in [0.2, 0.25) is 11.1 Å². The van der Waals surface area contributed by atoms with E-state index >= 15 is 0 Å². The lowest BCUT2D eigenvalue weighted by molar-refractivity contribution is -0.119. The second-order valence-electron chi connectivity index (χ2n) is 7.72. The number of hydrogen-bond acceptors (Lipinski definition) is 5. The van der Waals surface area contributed by atoms with Crippen LogP contribution in [0.1, 0.15) is 43.5 Å². The van der Waals surface area contributed by atoms with Gasteiger partial charge in [0.05, 0.1) is 11.8 Å². The molecule has 1 heterocycles. The molecule has 0 aliphatic carbocycles. The van der Waals surface area contributed by atoms with Crippen LogP contribution in [0.4, 0.5) is 0 Å². The highest BCUT2D eigenvalue weighted by Crippen LogP contribution is 2.24. The highest BCUT2D eigenvalue weighted by atomic mass is 32.2. The van der Waals surface area contributed by atoms with Crippen molar-refractivity contribution in [3.05, 3.63) is 65.2 Å². The zero-order chi connectivity index (χ0) is 21.7. The van der Waals surface area contributed by atoms with Gasteiger partial charge in [0.15, 0.2) is 5.82 Å². The van der Waals surface area contributed by atoms with Crippen LogP contribution in [0.15, 0.2) is 53.7 Å². The Hall–Kier alpha value is -2.80. The average molecular weight is 424 g/mol. The molecule has 158 valence electrons. The van der Waals surface area contributed by atoms with Crippen LogP contribution < -0.4 is 11.2 Å². The van der Waals surface area contributed by atoms with Gasteiger partial charge in [0.1, 0.15) is 0 Å². The number of thioether (sulfide) groups is 1. The molecule has 3 N–H and O–H groups in total. The molecule has 0 aliphatic heterocycles. The van der Waals surface area contributed by atoms with Crippen LogP contribution in [0, 0.1) is 12.8 Å². The molecular formula is C23H29N5OS. The van der Waals surface area contributed by atoms with Crippen LogP contribution >= 0.6 is 11.8 Å². The van der Waals surface area contributed by atoms with Crippen molar-refractivity contribution in [2.24, 2.45) is 5.92 Å².